The van der Waals surface area contributed by atoms with E-state index in [1.54, 1.807) is 0 Å². The molecule has 0 spiro atoms. The number of halogens is 1. The fourth-order valence-electron chi connectivity index (χ4n) is 6.81. The Hall–Kier alpha value is -0.670. The van der Waals surface area contributed by atoms with Gasteiger partial charge < -0.3 is 42.5 Å². The van der Waals surface area contributed by atoms with Crippen molar-refractivity contribution in [2.75, 3.05) is 116 Å². The lowest BCUT2D eigenvalue weighted by atomic mass is 10.1. The van der Waals surface area contributed by atoms with Crippen LogP contribution in [0.2, 0.25) is 0 Å². The monoisotopic (exact) mass is 859 g/mol. The standard InChI is InChI=1S/C43H87BrN8O2S/c1-40-38-41(2)43(42(3)39-40)55(53,54)37-36-52-35-19-18-34-51-33-17-16-32-50-31-15-14-30-49-29-13-12-28-48-27-11-10-26-47-25-9-8-24-46-23-7-6-22-45-21-5-4-20-44/h38-39,45-52H,4-37H2,1-3H3. The Balaban J connectivity index is 1.69. The highest BCUT2D eigenvalue weighted by Crippen LogP contribution is 2.22. The molecular formula is C43H87BrN8O2S. The van der Waals surface area contributed by atoms with Gasteiger partial charge in [-0.3, -0.25) is 0 Å². The smallest absolute Gasteiger partial charge is 0.180 e. The van der Waals surface area contributed by atoms with E-state index in [-0.39, 0.29) is 5.75 Å². The van der Waals surface area contributed by atoms with Crippen LogP contribution >= 0.6 is 15.9 Å². The van der Waals surface area contributed by atoms with Gasteiger partial charge in [0.2, 0.25) is 0 Å². The van der Waals surface area contributed by atoms with Crippen molar-refractivity contribution >= 4 is 25.8 Å². The van der Waals surface area contributed by atoms with E-state index >= 15 is 0 Å². The molecule has 1 rings (SSSR count). The lowest BCUT2D eigenvalue weighted by Crippen LogP contribution is -2.25. The van der Waals surface area contributed by atoms with Gasteiger partial charge in [0, 0.05) is 11.9 Å². The van der Waals surface area contributed by atoms with E-state index in [0.717, 1.165) is 133 Å². The van der Waals surface area contributed by atoms with E-state index in [4.69, 9.17) is 0 Å². The zero-order chi connectivity index (χ0) is 39.9. The molecule has 1 aromatic carbocycles. The summed E-state index contributed by atoms with van der Waals surface area (Å²) < 4.78 is 25.6. The Morgan fingerprint density at radius 2 is 0.600 bits per heavy atom. The SMILES string of the molecule is Cc1cc(C)c(S(=O)(=O)CCNCCCCNCCCCNCCCCNCCCCNCCCCNCCCCNCCCCNCCCCBr)c(C)c1. The summed E-state index contributed by atoms with van der Waals surface area (Å²) in [7, 11) is -3.26. The minimum Gasteiger partial charge on any atom is -0.317 e. The molecule has 0 saturated carbocycles. The zero-order valence-electron chi connectivity index (χ0n) is 35.8. The average molecular weight is 860 g/mol. The molecule has 0 bridgehead atoms. The second kappa shape index (κ2) is 38.8. The minimum atomic E-state index is -3.26. The molecule has 0 aliphatic carbocycles. The molecule has 0 saturated heterocycles. The fourth-order valence-corrected chi connectivity index (χ4v) is 8.92. The van der Waals surface area contributed by atoms with E-state index in [9.17, 15) is 8.42 Å². The number of unbranched alkanes of at least 4 members (excludes halogenated alkanes) is 8. The van der Waals surface area contributed by atoms with Gasteiger partial charge in [0.1, 0.15) is 0 Å². The number of benzene rings is 1. The number of alkyl halides is 1. The Morgan fingerprint density at radius 1 is 0.382 bits per heavy atom. The number of rotatable bonds is 43. The molecule has 0 fully saturated rings. The Kier molecular flexibility index (Phi) is 37.0. The van der Waals surface area contributed by atoms with Gasteiger partial charge in [-0.1, -0.05) is 33.6 Å². The van der Waals surface area contributed by atoms with E-state index < -0.39 is 9.84 Å². The van der Waals surface area contributed by atoms with Crippen LogP contribution in [0.1, 0.15) is 119 Å². The van der Waals surface area contributed by atoms with Crippen LogP contribution in [0.25, 0.3) is 0 Å². The second-order valence-electron chi connectivity index (χ2n) is 15.4. The van der Waals surface area contributed by atoms with Crippen molar-refractivity contribution in [3.05, 3.63) is 28.8 Å². The first kappa shape index (κ1) is 52.3. The number of sulfone groups is 1. The number of hydrogen-bond donors (Lipinski definition) is 8. The number of aryl methyl sites for hydroxylation is 3. The highest BCUT2D eigenvalue weighted by molar-refractivity contribution is 9.09. The summed E-state index contributed by atoms with van der Waals surface area (Å²) >= 11 is 3.48. The fraction of sp³-hybridized carbons (Fsp3) is 0.860. The van der Waals surface area contributed by atoms with Crippen molar-refractivity contribution in [3.63, 3.8) is 0 Å². The van der Waals surface area contributed by atoms with Crippen LogP contribution in [-0.2, 0) is 9.84 Å². The summed E-state index contributed by atoms with van der Waals surface area (Å²) in [5.74, 6) is 0.148. The van der Waals surface area contributed by atoms with Gasteiger partial charge in [0.25, 0.3) is 0 Å². The largest absolute Gasteiger partial charge is 0.317 e. The summed E-state index contributed by atoms with van der Waals surface area (Å²) in [6.07, 6.45) is 19.7. The third-order valence-corrected chi connectivity index (χ3v) is 12.5. The topological polar surface area (TPSA) is 130 Å². The van der Waals surface area contributed by atoms with Crippen LogP contribution in [0.4, 0.5) is 0 Å². The molecule has 0 heterocycles. The summed E-state index contributed by atoms with van der Waals surface area (Å²) in [6.45, 7) is 22.9. The van der Waals surface area contributed by atoms with E-state index in [0.29, 0.717) is 11.4 Å². The van der Waals surface area contributed by atoms with Crippen molar-refractivity contribution in [1.82, 2.24) is 42.5 Å². The average Bonchev–Trinajstić information content (AvgIpc) is 3.15. The lowest BCUT2D eigenvalue weighted by Gasteiger charge is -2.12. The minimum absolute atomic E-state index is 0.148. The van der Waals surface area contributed by atoms with Gasteiger partial charge in [-0.2, -0.15) is 0 Å². The highest BCUT2D eigenvalue weighted by Gasteiger charge is 2.19. The van der Waals surface area contributed by atoms with Crippen LogP contribution in [-0.4, -0.2) is 124 Å². The maximum Gasteiger partial charge on any atom is 0.180 e. The molecule has 0 amide bonds. The Bertz CT molecular complexity index is 1080. The summed E-state index contributed by atoms with van der Waals surface area (Å²) in [4.78, 5) is 0.508. The molecule has 0 aromatic heterocycles. The van der Waals surface area contributed by atoms with Crippen molar-refractivity contribution in [1.29, 1.82) is 0 Å². The second-order valence-corrected chi connectivity index (χ2v) is 18.2. The highest BCUT2D eigenvalue weighted by atomic mass is 79.9. The van der Waals surface area contributed by atoms with Crippen molar-refractivity contribution in [2.45, 2.75) is 128 Å². The summed E-state index contributed by atoms with van der Waals surface area (Å²) in [5, 5.41) is 29.5. The number of nitrogens with one attached hydrogen (secondary N) is 8. The Morgan fingerprint density at radius 3 is 0.836 bits per heavy atom. The summed E-state index contributed by atoms with van der Waals surface area (Å²) in [6, 6.07) is 3.91. The zero-order valence-corrected chi connectivity index (χ0v) is 38.2. The Labute approximate surface area is 348 Å². The normalized spacial score (nSPS) is 11.9. The molecule has 55 heavy (non-hydrogen) atoms. The molecular weight excluding hydrogens is 772 g/mol. The molecule has 324 valence electrons. The number of hydrogen-bond acceptors (Lipinski definition) is 10. The third-order valence-electron chi connectivity index (χ3n) is 9.90. The third kappa shape index (κ3) is 32.9. The first-order chi connectivity index (χ1) is 26.9. The van der Waals surface area contributed by atoms with Gasteiger partial charge in [0.15, 0.2) is 9.84 Å². The van der Waals surface area contributed by atoms with Gasteiger partial charge in [-0.15, -0.1) is 0 Å². The molecule has 0 atom stereocenters. The van der Waals surface area contributed by atoms with Crippen molar-refractivity contribution in [2.24, 2.45) is 0 Å². The molecule has 12 heteroatoms. The maximum atomic E-state index is 12.8. The first-order valence-corrected chi connectivity index (χ1v) is 25.2. The molecule has 0 radical (unpaired) electrons. The predicted molar refractivity (Wildman–Crippen MR) is 243 cm³/mol. The maximum absolute atomic E-state index is 12.8. The van der Waals surface area contributed by atoms with Gasteiger partial charge >= 0.3 is 0 Å². The molecule has 0 unspecified atom stereocenters. The van der Waals surface area contributed by atoms with E-state index in [1.165, 1.54) is 89.9 Å². The van der Waals surface area contributed by atoms with Crippen LogP contribution < -0.4 is 42.5 Å². The summed E-state index contributed by atoms with van der Waals surface area (Å²) in [5.41, 5.74) is 2.81. The quantitative estimate of drug-likeness (QED) is 0.0305. The van der Waals surface area contributed by atoms with Crippen molar-refractivity contribution < 1.29 is 8.42 Å². The first-order valence-electron chi connectivity index (χ1n) is 22.4. The predicted octanol–water partition coefficient (Wildman–Crippen LogP) is 5.74. The van der Waals surface area contributed by atoms with Crippen LogP contribution in [0.3, 0.4) is 0 Å². The van der Waals surface area contributed by atoms with Gasteiger partial charge in [-0.05, 0) is 233 Å². The van der Waals surface area contributed by atoms with E-state index in [1.807, 2.05) is 32.9 Å². The molecule has 1 aromatic rings. The lowest BCUT2D eigenvalue weighted by molar-refractivity contribution is 0.528. The van der Waals surface area contributed by atoms with E-state index in [2.05, 4.69) is 58.5 Å². The van der Waals surface area contributed by atoms with Gasteiger partial charge in [0.05, 0.1) is 10.6 Å². The molecule has 0 aliphatic rings. The molecule has 0 aliphatic heterocycles. The molecule has 8 N–H and O–H groups in total. The van der Waals surface area contributed by atoms with Gasteiger partial charge in [-0.25, -0.2) is 8.42 Å². The molecule has 10 nitrogen and oxygen atoms in total. The van der Waals surface area contributed by atoms with Crippen LogP contribution in [0, 0.1) is 20.8 Å². The van der Waals surface area contributed by atoms with Crippen LogP contribution in [0.15, 0.2) is 17.0 Å². The van der Waals surface area contributed by atoms with Crippen LogP contribution in [0.5, 0.6) is 0 Å². The van der Waals surface area contributed by atoms with Crippen molar-refractivity contribution in [3.8, 4) is 0 Å².